The Bertz CT molecular complexity index is 1140. The number of carbonyl (C=O) groups is 2. The van der Waals surface area contributed by atoms with E-state index in [9.17, 15) is 9.59 Å². The van der Waals surface area contributed by atoms with Crippen LogP contribution in [0.3, 0.4) is 0 Å². The van der Waals surface area contributed by atoms with Gasteiger partial charge in [-0.05, 0) is 75.0 Å². The van der Waals surface area contributed by atoms with Gasteiger partial charge in [-0.3, -0.25) is 9.59 Å². The molecule has 0 fully saturated rings. The molecule has 0 aliphatic rings. The predicted molar refractivity (Wildman–Crippen MR) is 136 cm³/mol. The molecule has 1 heterocycles. The van der Waals surface area contributed by atoms with E-state index in [0.29, 0.717) is 30.3 Å². The first kappa shape index (κ1) is 25.1. The van der Waals surface area contributed by atoms with Crippen molar-refractivity contribution < 1.29 is 19.1 Å². The van der Waals surface area contributed by atoms with E-state index in [1.54, 1.807) is 18.2 Å². The highest BCUT2D eigenvalue weighted by Gasteiger charge is 2.19. The average Bonchev–Trinajstić information content (AvgIpc) is 3.33. The molecule has 0 saturated heterocycles. The Hall–Kier alpha value is -3.58. The van der Waals surface area contributed by atoms with Crippen LogP contribution in [0, 0.1) is 6.92 Å². The van der Waals surface area contributed by atoms with Gasteiger partial charge in [-0.25, -0.2) is 0 Å². The lowest BCUT2D eigenvalue weighted by Gasteiger charge is -2.19. The molecule has 7 heteroatoms. The van der Waals surface area contributed by atoms with E-state index in [-0.39, 0.29) is 23.6 Å². The van der Waals surface area contributed by atoms with Crippen LogP contribution in [0.2, 0.25) is 0 Å². The van der Waals surface area contributed by atoms with Gasteiger partial charge in [0, 0.05) is 10.4 Å². The van der Waals surface area contributed by atoms with Crippen LogP contribution in [0.15, 0.2) is 65.7 Å². The fourth-order valence-corrected chi connectivity index (χ4v) is 3.93. The van der Waals surface area contributed by atoms with Gasteiger partial charge in [0.05, 0.1) is 19.3 Å². The molecule has 3 rings (SSSR count). The number of aryl methyl sites for hydroxylation is 1. The smallest absolute Gasteiger partial charge is 0.268 e. The molecule has 0 saturated carbocycles. The van der Waals surface area contributed by atoms with E-state index >= 15 is 0 Å². The maximum atomic E-state index is 13.2. The first-order chi connectivity index (χ1) is 16.4. The predicted octanol–water partition coefficient (Wildman–Crippen LogP) is 5.50. The number of thiophene rings is 1. The molecular weight excluding hydrogens is 448 g/mol. The molecule has 2 aromatic carbocycles. The second-order valence-corrected chi connectivity index (χ2v) is 8.64. The summed E-state index contributed by atoms with van der Waals surface area (Å²) in [5.41, 5.74) is 2.58. The van der Waals surface area contributed by atoms with Gasteiger partial charge in [-0.2, -0.15) is 0 Å². The summed E-state index contributed by atoms with van der Waals surface area (Å²) in [5, 5.41) is 7.68. The van der Waals surface area contributed by atoms with Gasteiger partial charge in [0.15, 0.2) is 11.5 Å². The number of benzene rings is 2. The van der Waals surface area contributed by atoms with E-state index in [0.717, 1.165) is 16.0 Å². The highest BCUT2D eigenvalue weighted by molar-refractivity contribution is 7.10. The van der Waals surface area contributed by atoms with Crippen molar-refractivity contribution in [1.29, 1.82) is 0 Å². The molecule has 2 N–H and O–H groups in total. The number of amides is 2. The number of rotatable bonds is 10. The Balaban J connectivity index is 1.80. The molecule has 0 radical (unpaired) electrons. The Morgan fingerprint density at radius 3 is 2.35 bits per heavy atom. The molecule has 1 aromatic heterocycles. The van der Waals surface area contributed by atoms with Crippen molar-refractivity contribution in [2.24, 2.45) is 0 Å². The summed E-state index contributed by atoms with van der Waals surface area (Å²) in [7, 11) is 0. The van der Waals surface area contributed by atoms with Crippen molar-refractivity contribution in [2.45, 2.75) is 33.7 Å². The van der Waals surface area contributed by atoms with E-state index in [1.165, 1.54) is 11.3 Å². The Kier molecular flexibility index (Phi) is 8.87. The highest BCUT2D eigenvalue weighted by atomic mass is 32.1. The zero-order valence-corrected chi connectivity index (χ0v) is 20.7. The van der Waals surface area contributed by atoms with Crippen LogP contribution in [-0.2, 0) is 4.79 Å². The molecule has 0 bridgehead atoms. The monoisotopic (exact) mass is 478 g/mol. The summed E-state index contributed by atoms with van der Waals surface area (Å²) in [6.07, 6.45) is 1.68. The molecule has 1 unspecified atom stereocenters. The summed E-state index contributed by atoms with van der Waals surface area (Å²) in [4.78, 5) is 26.9. The molecule has 0 aliphatic carbocycles. The van der Waals surface area contributed by atoms with Gasteiger partial charge in [0.25, 0.3) is 11.8 Å². The Morgan fingerprint density at radius 2 is 1.71 bits per heavy atom. The topological polar surface area (TPSA) is 76.7 Å². The van der Waals surface area contributed by atoms with Crippen molar-refractivity contribution >= 4 is 29.2 Å². The zero-order chi connectivity index (χ0) is 24.5. The first-order valence-corrected chi connectivity index (χ1v) is 12.1. The fourth-order valence-electron chi connectivity index (χ4n) is 3.27. The number of carbonyl (C=O) groups excluding carboxylic acids is 2. The molecule has 34 heavy (non-hydrogen) atoms. The molecule has 0 spiro atoms. The van der Waals surface area contributed by atoms with E-state index in [4.69, 9.17) is 9.47 Å². The van der Waals surface area contributed by atoms with Gasteiger partial charge in [-0.15, -0.1) is 11.3 Å². The minimum atomic E-state index is -0.381. The second kappa shape index (κ2) is 12.0. The second-order valence-electron chi connectivity index (χ2n) is 7.66. The molecule has 3 aromatic rings. The summed E-state index contributed by atoms with van der Waals surface area (Å²) < 4.78 is 11.3. The minimum absolute atomic E-state index is 0.177. The lowest BCUT2D eigenvalue weighted by molar-refractivity contribution is -0.118. The summed E-state index contributed by atoms with van der Waals surface area (Å²) in [6, 6.07) is 16.3. The van der Waals surface area contributed by atoms with Gasteiger partial charge in [0.1, 0.15) is 5.70 Å². The maximum absolute atomic E-state index is 13.2. The summed E-state index contributed by atoms with van der Waals surface area (Å²) in [6.45, 7) is 8.70. The van der Waals surface area contributed by atoms with E-state index in [2.05, 4.69) is 10.6 Å². The zero-order valence-electron chi connectivity index (χ0n) is 19.9. The van der Waals surface area contributed by atoms with Crippen molar-refractivity contribution in [3.05, 3.63) is 87.2 Å². The molecule has 1 atom stereocenters. The van der Waals surface area contributed by atoms with Crippen molar-refractivity contribution in [3.63, 3.8) is 0 Å². The van der Waals surface area contributed by atoms with Crippen LogP contribution >= 0.6 is 11.3 Å². The van der Waals surface area contributed by atoms with Gasteiger partial charge in [-0.1, -0.05) is 29.8 Å². The summed E-state index contributed by atoms with van der Waals surface area (Å²) >= 11 is 1.48. The number of hydrogen-bond donors (Lipinski definition) is 2. The van der Waals surface area contributed by atoms with Gasteiger partial charge in [0.2, 0.25) is 0 Å². The van der Waals surface area contributed by atoms with E-state index < -0.39 is 0 Å². The number of ether oxygens (including phenoxy) is 2. The maximum Gasteiger partial charge on any atom is 0.268 e. The molecular formula is C27H30N2O4S. The van der Waals surface area contributed by atoms with Crippen molar-refractivity contribution in [1.82, 2.24) is 10.6 Å². The first-order valence-electron chi connectivity index (χ1n) is 11.2. The van der Waals surface area contributed by atoms with Gasteiger partial charge >= 0.3 is 0 Å². The largest absolute Gasteiger partial charge is 0.490 e. The van der Waals surface area contributed by atoms with Crippen LogP contribution in [0.1, 0.15) is 53.2 Å². The van der Waals surface area contributed by atoms with Crippen molar-refractivity contribution in [2.75, 3.05) is 13.2 Å². The SMILES string of the molecule is CCOc1ccc(C(C)NC(=O)/C(=C/c2cccs2)NC(=O)c2ccc(C)cc2)cc1OCC. The highest BCUT2D eigenvalue weighted by Crippen LogP contribution is 2.30. The van der Waals surface area contributed by atoms with Crippen LogP contribution < -0.4 is 20.1 Å². The van der Waals surface area contributed by atoms with Crippen LogP contribution in [0.5, 0.6) is 11.5 Å². The fraction of sp³-hybridized carbons (Fsp3) is 0.259. The Morgan fingerprint density at radius 1 is 1.00 bits per heavy atom. The normalized spacial score (nSPS) is 12.1. The van der Waals surface area contributed by atoms with Crippen LogP contribution in [0.4, 0.5) is 0 Å². The van der Waals surface area contributed by atoms with Crippen molar-refractivity contribution in [3.8, 4) is 11.5 Å². The third-order valence-corrected chi connectivity index (χ3v) is 5.87. The lowest BCUT2D eigenvalue weighted by Crippen LogP contribution is -2.36. The lowest BCUT2D eigenvalue weighted by atomic mass is 10.1. The third-order valence-electron chi connectivity index (χ3n) is 5.05. The number of nitrogens with one attached hydrogen (secondary N) is 2. The summed E-state index contributed by atoms with van der Waals surface area (Å²) in [5.74, 6) is 0.568. The van der Waals surface area contributed by atoms with Crippen LogP contribution in [-0.4, -0.2) is 25.0 Å². The van der Waals surface area contributed by atoms with Gasteiger partial charge < -0.3 is 20.1 Å². The number of hydrogen-bond acceptors (Lipinski definition) is 5. The third kappa shape index (κ3) is 6.71. The molecule has 178 valence electrons. The van der Waals surface area contributed by atoms with E-state index in [1.807, 2.05) is 75.5 Å². The Labute approximate surface area is 204 Å². The molecule has 0 aliphatic heterocycles. The quantitative estimate of drug-likeness (QED) is 0.377. The average molecular weight is 479 g/mol. The molecule has 2 amide bonds. The van der Waals surface area contributed by atoms with Crippen LogP contribution in [0.25, 0.3) is 6.08 Å². The molecule has 6 nitrogen and oxygen atoms in total. The standard InChI is InChI=1S/C27H30N2O4S/c1-5-32-24-14-13-21(16-25(24)33-6-2)19(4)28-27(31)23(17-22-8-7-15-34-22)29-26(30)20-11-9-18(3)10-12-20/h7-17,19H,5-6H2,1-4H3,(H,28,31)(H,29,30)/b23-17-. The minimum Gasteiger partial charge on any atom is -0.490 e.